The Bertz CT molecular complexity index is 320. The molecule has 1 aliphatic heterocycles. The van der Waals surface area contributed by atoms with Gasteiger partial charge in [-0.3, -0.25) is 9.69 Å². The van der Waals surface area contributed by atoms with Crippen LogP contribution in [0.4, 0.5) is 0 Å². The number of nitrogens with one attached hydrogen (secondary N) is 1. The molecule has 1 amide bonds. The highest BCUT2D eigenvalue weighted by molar-refractivity contribution is 5.86. The molecule has 2 unspecified atom stereocenters. The molecule has 0 aromatic heterocycles. The third-order valence-corrected chi connectivity index (χ3v) is 4.44. The van der Waals surface area contributed by atoms with Crippen LogP contribution in [-0.4, -0.2) is 55.7 Å². The molecule has 0 aromatic carbocycles. The predicted molar refractivity (Wildman–Crippen MR) is 74.8 cm³/mol. The number of carbonyl (C=O) groups is 1. The lowest BCUT2D eigenvalue weighted by Crippen LogP contribution is -2.63. The van der Waals surface area contributed by atoms with E-state index in [0.717, 1.165) is 51.9 Å². The maximum atomic E-state index is 12.0. The molecule has 2 aliphatic rings. The largest absolute Gasteiger partial charge is 0.380 e. The van der Waals surface area contributed by atoms with E-state index in [2.05, 4.69) is 17.1 Å². The van der Waals surface area contributed by atoms with Gasteiger partial charge in [0.15, 0.2) is 0 Å². The molecule has 3 N–H and O–H groups in total. The average molecular weight is 269 g/mol. The first-order valence-electron chi connectivity index (χ1n) is 7.42. The molecule has 1 saturated heterocycles. The van der Waals surface area contributed by atoms with Gasteiger partial charge in [-0.05, 0) is 38.1 Å². The van der Waals surface area contributed by atoms with Crippen LogP contribution >= 0.6 is 0 Å². The smallest absolute Gasteiger partial charge is 0.239 e. The van der Waals surface area contributed by atoms with Crippen molar-refractivity contribution in [2.75, 3.05) is 33.3 Å². The van der Waals surface area contributed by atoms with Crippen molar-refractivity contribution in [3.8, 4) is 0 Å². The van der Waals surface area contributed by atoms with Gasteiger partial charge in [0.1, 0.15) is 5.54 Å². The van der Waals surface area contributed by atoms with Gasteiger partial charge in [0.2, 0.25) is 5.91 Å². The summed E-state index contributed by atoms with van der Waals surface area (Å²) in [7, 11) is 1.76. The number of nitrogens with zero attached hydrogens (tertiary/aromatic N) is 1. The summed E-state index contributed by atoms with van der Waals surface area (Å²) in [6.45, 7) is 5.59. The first-order chi connectivity index (χ1) is 9.12. The van der Waals surface area contributed by atoms with Crippen LogP contribution in [0.5, 0.6) is 0 Å². The van der Waals surface area contributed by atoms with Crippen LogP contribution in [0.2, 0.25) is 0 Å². The molecular formula is C14H27N3O2. The zero-order valence-electron chi connectivity index (χ0n) is 12.2. The van der Waals surface area contributed by atoms with Gasteiger partial charge in [-0.2, -0.15) is 0 Å². The Balaban J connectivity index is 2.02. The molecule has 0 spiro atoms. The molecule has 0 bridgehead atoms. The van der Waals surface area contributed by atoms with Gasteiger partial charge >= 0.3 is 0 Å². The van der Waals surface area contributed by atoms with E-state index in [0.29, 0.717) is 12.0 Å². The van der Waals surface area contributed by atoms with Gasteiger partial charge in [0, 0.05) is 26.7 Å². The molecular weight excluding hydrogens is 242 g/mol. The standard InChI is InChI=1S/C14H27N3O2/c1-3-7-16-14(13(15)18,11-4-5-11)10-17-8-6-12(9-17)19-2/h11-12,16H,3-10H2,1-2H3,(H2,15,18). The molecule has 1 saturated carbocycles. The lowest BCUT2D eigenvalue weighted by atomic mass is 9.91. The topological polar surface area (TPSA) is 67.6 Å². The fourth-order valence-corrected chi connectivity index (χ4v) is 3.11. The number of nitrogens with two attached hydrogens (primary N) is 1. The van der Waals surface area contributed by atoms with E-state index in [1.807, 2.05) is 0 Å². The van der Waals surface area contributed by atoms with Gasteiger partial charge < -0.3 is 15.8 Å². The number of amides is 1. The number of hydrogen-bond acceptors (Lipinski definition) is 4. The summed E-state index contributed by atoms with van der Waals surface area (Å²) in [5.74, 6) is 0.225. The van der Waals surface area contributed by atoms with Crippen molar-refractivity contribution in [3.05, 3.63) is 0 Å². The minimum absolute atomic E-state index is 0.190. The van der Waals surface area contributed by atoms with E-state index in [1.54, 1.807) is 7.11 Å². The van der Waals surface area contributed by atoms with Crippen molar-refractivity contribution in [1.82, 2.24) is 10.2 Å². The Kier molecular flexibility index (Phi) is 4.81. The zero-order valence-corrected chi connectivity index (χ0v) is 12.2. The number of primary amides is 1. The minimum Gasteiger partial charge on any atom is -0.380 e. The monoisotopic (exact) mass is 269 g/mol. The number of carbonyl (C=O) groups excluding carboxylic acids is 1. The number of methoxy groups -OCH3 is 1. The third-order valence-electron chi connectivity index (χ3n) is 4.44. The van der Waals surface area contributed by atoms with Crippen LogP contribution in [0, 0.1) is 5.92 Å². The van der Waals surface area contributed by atoms with E-state index in [9.17, 15) is 4.79 Å². The van der Waals surface area contributed by atoms with Crippen LogP contribution in [0.3, 0.4) is 0 Å². The lowest BCUT2D eigenvalue weighted by molar-refractivity contribution is -0.126. The maximum absolute atomic E-state index is 12.0. The Hall–Kier alpha value is -0.650. The first kappa shape index (κ1) is 14.8. The quantitative estimate of drug-likeness (QED) is 0.667. The molecule has 0 aromatic rings. The molecule has 2 fully saturated rings. The van der Waals surface area contributed by atoms with E-state index >= 15 is 0 Å². The van der Waals surface area contributed by atoms with E-state index in [4.69, 9.17) is 10.5 Å². The molecule has 2 rings (SSSR count). The Morgan fingerprint density at radius 2 is 2.21 bits per heavy atom. The summed E-state index contributed by atoms with van der Waals surface area (Å²) in [4.78, 5) is 14.4. The van der Waals surface area contributed by atoms with Gasteiger partial charge in [-0.25, -0.2) is 0 Å². The van der Waals surface area contributed by atoms with E-state index in [1.165, 1.54) is 0 Å². The van der Waals surface area contributed by atoms with Gasteiger partial charge in [0.05, 0.1) is 6.10 Å². The number of ether oxygens (including phenoxy) is 1. The highest BCUT2D eigenvalue weighted by atomic mass is 16.5. The van der Waals surface area contributed by atoms with Crippen molar-refractivity contribution >= 4 is 5.91 Å². The zero-order chi connectivity index (χ0) is 13.9. The molecule has 2 atom stereocenters. The summed E-state index contributed by atoms with van der Waals surface area (Å²) in [6.07, 6.45) is 4.59. The minimum atomic E-state index is -0.529. The fraction of sp³-hybridized carbons (Fsp3) is 0.929. The molecule has 5 nitrogen and oxygen atoms in total. The van der Waals surface area contributed by atoms with Crippen LogP contribution in [0.1, 0.15) is 32.6 Å². The highest BCUT2D eigenvalue weighted by Gasteiger charge is 2.50. The summed E-state index contributed by atoms with van der Waals surface area (Å²) in [6, 6.07) is 0. The van der Waals surface area contributed by atoms with E-state index in [-0.39, 0.29) is 5.91 Å². The first-order valence-corrected chi connectivity index (χ1v) is 7.42. The number of rotatable bonds is 8. The SMILES string of the molecule is CCCNC(CN1CCC(OC)C1)(C(N)=O)C1CC1. The fourth-order valence-electron chi connectivity index (χ4n) is 3.11. The summed E-state index contributed by atoms with van der Waals surface area (Å²) >= 11 is 0. The summed E-state index contributed by atoms with van der Waals surface area (Å²) < 4.78 is 5.40. The second-order valence-electron chi connectivity index (χ2n) is 5.92. The van der Waals surface area contributed by atoms with Crippen molar-refractivity contribution in [1.29, 1.82) is 0 Å². The van der Waals surface area contributed by atoms with Crippen molar-refractivity contribution in [2.24, 2.45) is 11.7 Å². The molecule has 110 valence electrons. The van der Waals surface area contributed by atoms with Crippen LogP contribution in [0.25, 0.3) is 0 Å². The lowest BCUT2D eigenvalue weighted by Gasteiger charge is -2.35. The average Bonchev–Trinajstić information content (AvgIpc) is 3.15. The predicted octanol–water partition coefficient (Wildman–Crippen LogP) is 0.341. The van der Waals surface area contributed by atoms with Crippen molar-refractivity contribution < 1.29 is 9.53 Å². The molecule has 1 heterocycles. The Morgan fingerprint density at radius 3 is 2.68 bits per heavy atom. The van der Waals surface area contributed by atoms with Gasteiger partial charge in [0.25, 0.3) is 0 Å². The van der Waals surface area contributed by atoms with E-state index < -0.39 is 5.54 Å². The van der Waals surface area contributed by atoms with Crippen LogP contribution in [0.15, 0.2) is 0 Å². The van der Waals surface area contributed by atoms with Crippen LogP contribution < -0.4 is 11.1 Å². The van der Waals surface area contributed by atoms with Crippen LogP contribution in [-0.2, 0) is 9.53 Å². The second kappa shape index (κ2) is 6.20. The number of likely N-dealkylation sites (tertiary alicyclic amines) is 1. The van der Waals surface area contributed by atoms with Gasteiger partial charge in [-0.15, -0.1) is 0 Å². The second-order valence-corrected chi connectivity index (χ2v) is 5.92. The summed E-state index contributed by atoms with van der Waals surface area (Å²) in [5, 5.41) is 3.45. The maximum Gasteiger partial charge on any atom is 0.239 e. The molecule has 19 heavy (non-hydrogen) atoms. The van der Waals surface area contributed by atoms with Crippen molar-refractivity contribution in [2.45, 2.75) is 44.2 Å². The van der Waals surface area contributed by atoms with Crippen molar-refractivity contribution in [3.63, 3.8) is 0 Å². The normalized spacial score (nSPS) is 27.4. The molecule has 1 aliphatic carbocycles. The molecule has 5 heteroatoms. The Labute approximate surface area is 115 Å². The highest BCUT2D eigenvalue weighted by Crippen LogP contribution is 2.40. The van der Waals surface area contributed by atoms with Gasteiger partial charge in [-0.1, -0.05) is 6.92 Å². The molecule has 0 radical (unpaired) electrons. The third kappa shape index (κ3) is 3.27. The Morgan fingerprint density at radius 1 is 1.47 bits per heavy atom. The number of hydrogen-bond donors (Lipinski definition) is 2. The summed E-state index contributed by atoms with van der Waals surface area (Å²) in [5.41, 5.74) is 5.21.